The Bertz CT molecular complexity index is 434. The van der Waals surface area contributed by atoms with Crippen LogP contribution in [0, 0.1) is 11.6 Å². The summed E-state index contributed by atoms with van der Waals surface area (Å²) in [6.45, 7) is 0.126. The Labute approximate surface area is 127 Å². The van der Waals surface area contributed by atoms with E-state index in [9.17, 15) is 13.6 Å². The molecule has 0 saturated carbocycles. The Hall–Kier alpha value is -1.34. The van der Waals surface area contributed by atoms with Crippen LogP contribution in [0.15, 0.2) is 18.2 Å². The molecule has 1 atom stereocenters. The Morgan fingerprint density at radius 3 is 2.62 bits per heavy atom. The number of hydrogen-bond acceptors (Lipinski definition) is 3. The second-order valence-electron chi connectivity index (χ2n) is 4.51. The predicted octanol–water partition coefficient (Wildman–Crippen LogP) is 1.92. The normalized spacial score (nSPS) is 12.0. The number of carbonyl (C=O) groups excluding carboxylic acids is 1. The Kier molecular flexibility index (Phi) is 8.07. The van der Waals surface area contributed by atoms with Crippen LogP contribution < -0.4 is 10.6 Å². The maximum absolute atomic E-state index is 13.4. The summed E-state index contributed by atoms with van der Waals surface area (Å²) < 4.78 is 26.8. The van der Waals surface area contributed by atoms with E-state index in [0.717, 1.165) is 0 Å². The van der Waals surface area contributed by atoms with Gasteiger partial charge >= 0.3 is 6.03 Å². The molecule has 1 aromatic carbocycles. The van der Waals surface area contributed by atoms with E-state index in [-0.39, 0.29) is 31.2 Å². The minimum Gasteiger partial charge on any atom is -0.396 e. The van der Waals surface area contributed by atoms with Gasteiger partial charge < -0.3 is 15.7 Å². The molecule has 1 aromatic rings. The molecule has 0 aliphatic carbocycles. The van der Waals surface area contributed by atoms with Crippen molar-refractivity contribution in [3.63, 3.8) is 0 Å². The van der Waals surface area contributed by atoms with Gasteiger partial charge in [-0.25, -0.2) is 13.6 Å². The van der Waals surface area contributed by atoms with Crippen LogP contribution in [0.2, 0.25) is 0 Å². The minimum absolute atomic E-state index is 0.00799. The number of aliphatic hydroxyl groups excluding tert-OH is 1. The van der Waals surface area contributed by atoms with Crippen molar-refractivity contribution in [1.82, 2.24) is 10.6 Å². The zero-order valence-electron chi connectivity index (χ0n) is 11.9. The molecule has 0 aromatic heterocycles. The summed E-state index contributed by atoms with van der Waals surface area (Å²) >= 11 is 1.56. The van der Waals surface area contributed by atoms with E-state index in [4.69, 9.17) is 5.11 Å². The van der Waals surface area contributed by atoms with Gasteiger partial charge in [0.1, 0.15) is 11.6 Å². The van der Waals surface area contributed by atoms with Crippen LogP contribution in [0.1, 0.15) is 12.0 Å². The Balaban J connectivity index is 2.39. The topological polar surface area (TPSA) is 61.4 Å². The average Bonchev–Trinajstić information content (AvgIpc) is 2.42. The van der Waals surface area contributed by atoms with Gasteiger partial charge in [0.05, 0.1) is 0 Å². The van der Waals surface area contributed by atoms with Crippen LogP contribution in [-0.4, -0.2) is 42.3 Å². The molecule has 1 rings (SSSR count). The van der Waals surface area contributed by atoms with Gasteiger partial charge in [0, 0.05) is 30.5 Å². The van der Waals surface area contributed by atoms with Crippen molar-refractivity contribution in [3.8, 4) is 0 Å². The molecule has 21 heavy (non-hydrogen) atoms. The molecule has 0 saturated heterocycles. The summed E-state index contributed by atoms with van der Waals surface area (Å²) in [5.74, 6) is -0.536. The van der Waals surface area contributed by atoms with Gasteiger partial charge in [-0.15, -0.1) is 0 Å². The van der Waals surface area contributed by atoms with Crippen LogP contribution in [0.4, 0.5) is 13.6 Å². The summed E-state index contributed by atoms with van der Waals surface area (Å²) in [4.78, 5) is 11.7. The highest BCUT2D eigenvalue weighted by Gasteiger charge is 2.12. The second kappa shape index (κ2) is 9.57. The number of rotatable bonds is 8. The lowest BCUT2D eigenvalue weighted by molar-refractivity contribution is 0.231. The fraction of sp³-hybridized carbons (Fsp3) is 0.500. The van der Waals surface area contributed by atoms with Crippen molar-refractivity contribution >= 4 is 17.8 Å². The van der Waals surface area contributed by atoms with Crippen LogP contribution in [0.5, 0.6) is 0 Å². The molecule has 4 nitrogen and oxygen atoms in total. The van der Waals surface area contributed by atoms with E-state index in [1.165, 1.54) is 18.2 Å². The number of benzene rings is 1. The third-order valence-electron chi connectivity index (χ3n) is 2.90. The number of hydrogen-bond donors (Lipinski definition) is 3. The average molecular weight is 318 g/mol. The maximum atomic E-state index is 13.4. The quantitative estimate of drug-likeness (QED) is 0.686. The summed E-state index contributed by atoms with van der Waals surface area (Å²) in [6.07, 6.45) is 2.46. The van der Waals surface area contributed by atoms with Crippen molar-refractivity contribution in [2.24, 2.45) is 0 Å². The molecule has 7 heteroatoms. The van der Waals surface area contributed by atoms with E-state index >= 15 is 0 Å². The van der Waals surface area contributed by atoms with Gasteiger partial charge in [0.25, 0.3) is 0 Å². The molecular formula is C14H20F2N2O2S. The summed E-state index contributed by atoms with van der Waals surface area (Å²) in [6, 6.07) is 3.15. The lowest BCUT2D eigenvalue weighted by atomic mass is 10.1. The number of urea groups is 1. The zero-order valence-corrected chi connectivity index (χ0v) is 12.7. The first-order chi connectivity index (χ1) is 10.1. The van der Waals surface area contributed by atoms with E-state index in [2.05, 4.69) is 10.6 Å². The fourth-order valence-corrected chi connectivity index (χ4v) is 2.52. The van der Waals surface area contributed by atoms with Crippen LogP contribution in [0.25, 0.3) is 0 Å². The SMILES string of the molecule is CSCC(CCO)NC(=O)NCCc1c(F)cccc1F. The summed E-state index contributed by atoms with van der Waals surface area (Å²) in [5.41, 5.74) is -0.0335. The zero-order chi connectivity index (χ0) is 15.7. The van der Waals surface area contributed by atoms with Gasteiger partial charge in [-0.1, -0.05) is 6.07 Å². The molecule has 0 radical (unpaired) electrons. The number of halogens is 2. The number of carbonyl (C=O) groups is 1. The standard InChI is InChI=1S/C14H20F2N2O2S/c1-21-9-10(6-8-19)18-14(20)17-7-5-11-12(15)3-2-4-13(11)16/h2-4,10,19H,5-9H2,1H3,(H2,17,18,20). The molecular weight excluding hydrogens is 298 g/mol. The monoisotopic (exact) mass is 318 g/mol. The van der Waals surface area contributed by atoms with Crippen molar-refractivity contribution in [2.45, 2.75) is 18.9 Å². The lowest BCUT2D eigenvalue weighted by Gasteiger charge is -2.17. The highest BCUT2D eigenvalue weighted by atomic mass is 32.2. The smallest absolute Gasteiger partial charge is 0.315 e. The van der Waals surface area contributed by atoms with Crippen LogP contribution in [0.3, 0.4) is 0 Å². The summed E-state index contributed by atoms with van der Waals surface area (Å²) in [5, 5.41) is 14.2. The number of amides is 2. The van der Waals surface area contributed by atoms with Crippen molar-refractivity contribution in [1.29, 1.82) is 0 Å². The molecule has 118 valence electrons. The molecule has 0 fully saturated rings. The van der Waals surface area contributed by atoms with Gasteiger partial charge in [-0.2, -0.15) is 11.8 Å². The highest BCUT2D eigenvalue weighted by Crippen LogP contribution is 2.12. The van der Waals surface area contributed by atoms with E-state index in [0.29, 0.717) is 12.2 Å². The molecule has 0 heterocycles. The molecule has 0 aliphatic heterocycles. The first-order valence-electron chi connectivity index (χ1n) is 6.65. The van der Waals surface area contributed by atoms with Crippen molar-refractivity contribution < 1.29 is 18.7 Å². The summed E-state index contributed by atoms with van der Waals surface area (Å²) in [7, 11) is 0. The number of nitrogens with one attached hydrogen (secondary N) is 2. The largest absolute Gasteiger partial charge is 0.396 e. The fourth-order valence-electron chi connectivity index (χ4n) is 1.86. The number of thioether (sulfide) groups is 1. The molecule has 3 N–H and O–H groups in total. The van der Waals surface area contributed by atoms with E-state index < -0.39 is 17.7 Å². The first kappa shape index (κ1) is 17.7. The molecule has 0 spiro atoms. The van der Waals surface area contributed by atoms with E-state index in [1.807, 2.05) is 6.26 Å². The van der Waals surface area contributed by atoms with Gasteiger partial charge in [0.15, 0.2) is 0 Å². The minimum atomic E-state index is -0.613. The maximum Gasteiger partial charge on any atom is 0.315 e. The van der Waals surface area contributed by atoms with Gasteiger partial charge in [-0.05, 0) is 31.2 Å². The van der Waals surface area contributed by atoms with Gasteiger partial charge in [0.2, 0.25) is 0 Å². The Morgan fingerprint density at radius 2 is 2.05 bits per heavy atom. The van der Waals surface area contributed by atoms with Crippen molar-refractivity contribution in [3.05, 3.63) is 35.4 Å². The lowest BCUT2D eigenvalue weighted by Crippen LogP contribution is -2.44. The van der Waals surface area contributed by atoms with Crippen LogP contribution in [-0.2, 0) is 6.42 Å². The number of aliphatic hydroxyl groups is 1. The molecule has 2 amide bonds. The third kappa shape index (κ3) is 6.31. The van der Waals surface area contributed by atoms with Crippen LogP contribution >= 0.6 is 11.8 Å². The van der Waals surface area contributed by atoms with Gasteiger partial charge in [-0.3, -0.25) is 0 Å². The molecule has 1 unspecified atom stereocenters. The molecule has 0 bridgehead atoms. The second-order valence-corrected chi connectivity index (χ2v) is 5.43. The third-order valence-corrected chi connectivity index (χ3v) is 3.64. The van der Waals surface area contributed by atoms with E-state index in [1.54, 1.807) is 11.8 Å². The molecule has 0 aliphatic rings. The Morgan fingerprint density at radius 1 is 1.38 bits per heavy atom. The van der Waals surface area contributed by atoms with Crippen molar-refractivity contribution in [2.75, 3.05) is 25.2 Å². The first-order valence-corrected chi connectivity index (χ1v) is 8.05. The predicted molar refractivity (Wildman–Crippen MR) is 80.5 cm³/mol. The highest BCUT2D eigenvalue weighted by molar-refractivity contribution is 7.98.